The summed E-state index contributed by atoms with van der Waals surface area (Å²) in [7, 11) is 0. The van der Waals surface area contributed by atoms with Crippen molar-refractivity contribution in [3.05, 3.63) is 35.4 Å². The van der Waals surface area contributed by atoms with Crippen molar-refractivity contribution in [2.24, 2.45) is 0 Å². The van der Waals surface area contributed by atoms with Crippen molar-refractivity contribution < 1.29 is 9.53 Å². The van der Waals surface area contributed by atoms with Crippen LogP contribution in [0.2, 0.25) is 0 Å². The Morgan fingerprint density at radius 2 is 1.67 bits per heavy atom. The Kier molecular flexibility index (Phi) is 7.27. The Morgan fingerprint density at radius 1 is 1.10 bits per heavy atom. The molecule has 0 N–H and O–H groups in total. The van der Waals surface area contributed by atoms with E-state index in [2.05, 4.69) is 38.1 Å². The van der Waals surface area contributed by atoms with Gasteiger partial charge in [0.25, 0.3) is 0 Å². The van der Waals surface area contributed by atoms with E-state index in [4.69, 9.17) is 4.74 Å². The van der Waals surface area contributed by atoms with Crippen LogP contribution in [-0.2, 0) is 11.2 Å². The van der Waals surface area contributed by atoms with Crippen LogP contribution in [-0.4, -0.2) is 30.2 Å². The standard InChI is InChI=1S/C18H29NO2/c1-6-9-16-10-12-17(13-11-16)14(4)15(5)21-18(20)19(7-2)8-3/h10-15H,6-9H2,1-5H3. The summed E-state index contributed by atoms with van der Waals surface area (Å²) in [4.78, 5) is 13.7. The molecule has 1 aromatic carbocycles. The van der Waals surface area contributed by atoms with Crippen LogP contribution in [0.3, 0.4) is 0 Å². The van der Waals surface area contributed by atoms with Crippen molar-refractivity contribution in [2.75, 3.05) is 13.1 Å². The molecule has 0 aliphatic carbocycles. The second kappa shape index (κ2) is 8.71. The van der Waals surface area contributed by atoms with E-state index in [9.17, 15) is 4.79 Å². The molecule has 2 unspecified atom stereocenters. The first-order valence-corrected chi connectivity index (χ1v) is 8.07. The summed E-state index contributed by atoms with van der Waals surface area (Å²) in [6.45, 7) is 11.5. The summed E-state index contributed by atoms with van der Waals surface area (Å²) in [5, 5.41) is 0. The van der Waals surface area contributed by atoms with Gasteiger partial charge in [0.1, 0.15) is 6.10 Å². The van der Waals surface area contributed by atoms with Gasteiger partial charge in [0.15, 0.2) is 0 Å². The number of rotatable bonds is 7. The minimum Gasteiger partial charge on any atom is -0.446 e. The smallest absolute Gasteiger partial charge is 0.410 e. The molecule has 0 aliphatic heterocycles. The minimum absolute atomic E-state index is 0.130. The molecule has 1 rings (SSSR count). The Morgan fingerprint density at radius 3 is 2.14 bits per heavy atom. The third kappa shape index (κ3) is 5.07. The first-order valence-electron chi connectivity index (χ1n) is 8.07. The number of amides is 1. The second-order valence-corrected chi connectivity index (χ2v) is 5.54. The third-order valence-corrected chi connectivity index (χ3v) is 4.06. The molecule has 21 heavy (non-hydrogen) atoms. The maximum absolute atomic E-state index is 12.0. The fourth-order valence-electron chi connectivity index (χ4n) is 2.36. The Bertz CT molecular complexity index is 423. The van der Waals surface area contributed by atoms with E-state index < -0.39 is 0 Å². The predicted octanol–water partition coefficient (Wildman–Crippen LogP) is 4.61. The molecule has 0 heterocycles. The molecule has 0 spiro atoms. The maximum atomic E-state index is 12.0. The fourth-order valence-corrected chi connectivity index (χ4v) is 2.36. The van der Waals surface area contributed by atoms with Crippen molar-refractivity contribution in [2.45, 2.75) is 59.5 Å². The predicted molar refractivity (Wildman–Crippen MR) is 87.7 cm³/mol. The largest absolute Gasteiger partial charge is 0.446 e. The number of aryl methyl sites for hydroxylation is 1. The zero-order chi connectivity index (χ0) is 15.8. The van der Waals surface area contributed by atoms with E-state index in [1.807, 2.05) is 20.8 Å². The average Bonchev–Trinajstić information content (AvgIpc) is 2.48. The average molecular weight is 291 g/mol. The van der Waals surface area contributed by atoms with Crippen molar-refractivity contribution in [1.29, 1.82) is 0 Å². The van der Waals surface area contributed by atoms with Gasteiger partial charge >= 0.3 is 6.09 Å². The lowest BCUT2D eigenvalue weighted by Gasteiger charge is -2.25. The summed E-state index contributed by atoms with van der Waals surface area (Å²) in [6, 6.07) is 8.65. The molecule has 3 nitrogen and oxygen atoms in total. The van der Waals surface area contributed by atoms with Gasteiger partial charge in [-0.1, -0.05) is 44.5 Å². The number of carbonyl (C=O) groups is 1. The van der Waals surface area contributed by atoms with E-state index in [0.717, 1.165) is 12.8 Å². The molecular weight excluding hydrogens is 262 g/mol. The SMILES string of the molecule is CCCc1ccc(C(C)C(C)OC(=O)N(CC)CC)cc1. The first-order chi connectivity index (χ1) is 10.0. The Hall–Kier alpha value is -1.51. The zero-order valence-corrected chi connectivity index (χ0v) is 14.1. The summed E-state index contributed by atoms with van der Waals surface area (Å²) in [5.74, 6) is 0.195. The van der Waals surface area contributed by atoms with Gasteiger partial charge in [-0.3, -0.25) is 0 Å². The molecule has 0 saturated heterocycles. The van der Waals surface area contributed by atoms with Gasteiger partial charge in [0, 0.05) is 19.0 Å². The van der Waals surface area contributed by atoms with Crippen LogP contribution in [0.5, 0.6) is 0 Å². The molecule has 118 valence electrons. The first kappa shape index (κ1) is 17.5. The molecule has 0 radical (unpaired) electrons. The Labute approximate surface area is 129 Å². The van der Waals surface area contributed by atoms with E-state index in [-0.39, 0.29) is 18.1 Å². The fraction of sp³-hybridized carbons (Fsp3) is 0.611. The molecule has 0 saturated carbocycles. The molecule has 2 atom stereocenters. The zero-order valence-electron chi connectivity index (χ0n) is 14.1. The quantitative estimate of drug-likeness (QED) is 0.734. The highest BCUT2D eigenvalue weighted by Gasteiger charge is 2.20. The van der Waals surface area contributed by atoms with Gasteiger partial charge in [-0.15, -0.1) is 0 Å². The van der Waals surface area contributed by atoms with Crippen LogP contribution in [0.4, 0.5) is 4.79 Å². The van der Waals surface area contributed by atoms with Gasteiger partial charge in [-0.25, -0.2) is 4.79 Å². The monoisotopic (exact) mass is 291 g/mol. The normalized spacial score (nSPS) is 13.6. The molecule has 0 bridgehead atoms. The van der Waals surface area contributed by atoms with Crippen LogP contribution >= 0.6 is 0 Å². The number of carbonyl (C=O) groups excluding carboxylic acids is 1. The van der Waals surface area contributed by atoms with Crippen molar-refractivity contribution in [3.63, 3.8) is 0 Å². The Balaban J connectivity index is 2.64. The number of benzene rings is 1. The molecular formula is C18H29NO2. The lowest BCUT2D eigenvalue weighted by molar-refractivity contribution is 0.0633. The number of ether oxygens (including phenoxy) is 1. The number of nitrogens with zero attached hydrogens (tertiary/aromatic N) is 1. The topological polar surface area (TPSA) is 29.5 Å². The molecule has 1 aromatic rings. The maximum Gasteiger partial charge on any atom is 0.410 e. The lowest BCUT2D eigenvalue weighted by Crippen LogP contribution is -2.34. The van der Waals surface area contributed by atoms with Crippen LogP contribution in [0, 0.1) is 0 Å². The van der Waals surface area contributed by atoms with E-state index in [1.54, 1.807) is 4.90 Å². The second-order valence-electron chi connectivity index (χ2n) is 5.54. The van der Waals surface area contributed by atoms with E-state index in [0.29, 0.717) is 13.1 Å². The van der Waals surface area contributed by atoms with E-state index >= 15 is 0 Å². The number of hydrogen-bond acceptors (Lipinski definition) is 2. The summed E-state index contributed by atoms with van der Waals surface area (Å²) < 4.78 is 5.58. The van der Waals surface area contributed by atoms with E-state index in [1.165, 1.54) is 11.1 Å². The molecule has 1 amide bonds. The van der Waals surface area contributed by atoms with Gasteiger partial charge in [-0.05, 0) is 38.3 Å². The van der Waals surface area contributed by atoms with Crippen molar-refractivity contribution in [1.82, 2.24) is 4.90 Å². The van der Waals surface area contributed by atoms with Crippen LogP contribution < -0.4 is 0 Å². The molecule has 0 aromatic heterocycles. The van der Waals surface area contributed by atoms with Crippen molar-refractivity contribution in [3.8, 4) is 0 Å². The van der Waals surface area contributed by atoms with Gasteiger partial charge in [-0.2, -0.15) is 0 Å². The van der Waals surface area contributed by atoms with Gasteiger partial charge in [0.2, 0.25) is 0 Å². The van der Waals surface area contributed by atoms with Crippen LogP contribution in [0.1, 0.15) is 58.1 Å². The van der Waals surface area contributed by atoms with Gasteiger partial charge < -0.3 is 9.64 Å². The lowest BCUT2D eigenvalue weighted by atomic mass is 9.95. The van der Waals surface area contributed by atoms with Crippen LogP contribution in [0.25, 0.3) is 0 Å². The number of hydrogen-bond donors (Lipinski definition) is 0. The van der Waals surface area contributed by atoms with Crippen LogP contribution in [0.15, 0.2) is 24.3 Å². The van der Waals surface area contributed by atoms with Crippen molar-refractivity contribution >= 4 is 6.09 Å². The highest BCUT2D eigenvalue weighted by Crippen LogP contribution is 2.22. The highest BCUT2D eigenvalue weighted by molar-refractivity contribution is 5.67. The van der Waals surface area contributed by atoms with Gasteiger partial charge in [0.05, 0.1) is 0 Å². The summed E-state index contributed by atoms with van der Waals surface area (Å²) in [6.07, 6.45) is 1.92. The highest BCUT2D eigenvalue weighted by atomic mass is 16.6. The molecule has 3 heteroatoms. The molecule has 0 aliphatic rings. The summed E-state index contributed by atoms with van der Waals surface area (Å²) >= 11 is 0. The minimum atomic E-state index is -0.220. The molecule has 0 fully saturated rings. The third-order valence-electron chi connectivity index (χ3n) is 4.06. The summed E-state index contributed by atoms with van der Waals surface area (Å²) in [5.41, 5.74) is 2.58.